The number of rotatable bonds is 7. The highest BCUT2D eigenvalue weighted by molar-refractivity contribution is 5.90. The number of benzene rings is 1. The number of nitrogens with one attached hydrogen (secondary N) is 1. The van der Waals surface area contributed by atoms with Crippen LogP contribution in [0.25, 0.3) is 0 Å². The molecule has 1 aromatic rings. The molecule has 0 spiro atoms. The molecule has 1 aliphatic rings. The summed E-state index contributed by atoms with van der Waals surface area (Å²) in [6.45, 7) is 5.98. The Morgan fingerprint density at radius 2 is 1.86 bits per heavy atom. The molecular formula is C20H28N2O6. The minimum absolute atomic E-state index is 0.117. The third-order valence-electron chi connectivity index (χ3n) is 4.93. The average molecular weight is 392 g/mol. The first kappa shape index (κ1) is 21.8. The average Bonchev–Trinajstić information content (AvgIpc) is 3.01. The van der Waals surface area contributed by atoms with Gasteiger partial charge < -0.3 is 19.5 Å². The molecule has 0 unspecified atom stereocenters. The predicted octanol–water partition coefficient (Wildman–Crippen LogP) is 1.41. The summed E-state index contributed by atoms with van der Waals surface area (Å²) in [6.07, 6.45) is -0.302. The van der Waals surface area contributed by atoms with E-state index in [1.165, 1.54) is 14.2 Å². The van der Waals surface area contributed by atoms with E-state index in [0.29, 0.717) is 6.61 Å². The van der Waals surface area contributed by atoms with Gasteiger partial charge in [-0.2, -0.15) is 0 Å². The number of esters is 2. The molecule has 0 bridgehead atoms. The molecule has 3 atom stereocenters. The Labute approximate surface area is 165 Å². The molecule has 1 heterocycles. The van der Waals surface area contributed by atoms with E-state index in [-0.39, 0.29) is 12.5 Å². The lowest BCUT2D eigenvalue weighted by Gasteiger charge is -2.38. The number of nitrogens with zero attached hydrogens (tertiary/aromatic N) is 1. The molecule has 0 radical (unpaired) electrons. The van der Waals surface area contributed by atoms with Crippen molar-refractivity contribution in [2.24, 2.45) is 0 Å². The molecule has 1 N–H and O–H groups in total. The first-order valence-corrected chi connectivity index (χ1v) is 9.13. The minimum Gasteiger partial charge on any atom is -0.469 e. The van der Waals surface area contributed by atoms with Gasteiger partial charge in [-0.05, 0) is 26.3 Å². The Bertz CT molecular complexity index is 706. The van der Waals surface area contributed by atoms with E-state index < -0.39 is 35.7 Å². The fourth-order valence-electron chi connectivity index (χ4n) is 3.49. The smallest absolute Gasteiger partial charge is 0.328 e. The summed E-state index contributed by atoms with van der Waals surface area (Å²) >= 11 is 0. The van der Waals surface area contributed by atoms with Gasteiger partial charge in [-0.1, -0.05) is 30.3 Å². The minimum atomic E-state index is -1.12. The molecular weight excluding hydrogens is 364 g/mol. The van der Waals surface area contributed by atoms with Crippen LogP contribution in [0, 0.1) is 0 Å². The van der Waals surface area contributed by atoms with Crippen LogP contribution in [0.1, 0.15) is 38.8 Å². The molecule has 154 valence electrons. The van der Waals surface area contributed by atoms with Crippen molar-refractivity contribution >= 4 is 17.8 Å². The third-order valence-corrected chi connectivity index (χ3v) is 4.93. The molecule has 1 saturated heterocycles. The summed E-state index contributed by atoms with van der Waals surface area (Å²) in [5.41, 5.74) is 0.354. The van der Waals surface area contributed by atoms with Gasteiger partial charge in [0.25, 0.3) is 0 Å². The molecule has 28 heavy (non-hydrogen) atoms. The van der Waals surface area contributed by atoms with Crippen molar-refractivity contribution in [3.63, 3.8) is 0 Å². The lowest BCUT2D eigenvalue weighted by Crippen LogP contribution is -2.55. The largest absolute Gasteiger partial charge is 0.469 e. The Balaban J connectivity index is 2.20. The number of hydrogen-bond donors (Lipinski definition) is 1. The van der Waals surface area contributed by atoms with Gasteiger partial charge in [-0.3, -0.25) is 14.5 Å². The predicted molar refractivity (Wildman–Crippen MR) is 101 cm³/mol. The number of ether oxygens (including phenoxy) is 3. The van der Waals surface area contributed by atoms with Crippen LogP contribution in [0.2, 0.25) is 0 Å². The molecule has 0 saturated carbocycles. The van der Waals surface area contributed by atoms with Crippen molar-refractivity contribution in [1.29, 1.82) is 0 Å². The lowest BCUT2D eigenvalue weighted by molar-refractivity contribution is -0.152. The number of carbonyl (C=O) groups excluding carboxylic acids is 3. The number of methoxy groups -OCH3 is 2. The topological polar surface area (TPSA) is 94.2 Å². The van der Waals surface area contributed by atoms with E-state index in [4.69, 9.17) is 9.47 Å². The molecule has 1 fully saturated rings. The maximum absolute atomic E-state index is 12.9. The Hall–Kier alpha value is -2.45. The number of carbonyl (C=O) groups is 3. The standard InChI is InChI=1S/C20H28N2O6/c1-13(18(24)21-15(19(25)27-5)11-17(23)26-4)22-16(12-28-20(22,2)3)14-9-7-6-8-10-14/h6-10,13,15-16H,11-12H2,1-5H3,(H,21,24)/t13-,15-,16-/m0/s1. The molecule has 8 nitrogen and oxygen atoms in total. The van der Waals surface area contributed by atoms with E-state index >= 15 is 0 Å². The van der Waals surface area contributed by atoms with Crippen LogP contribution < -0.4 is 5.32 Å². The fourth-order valence-corrected chi connectivity index (χ4v) is 3.49. The lowest BCUT2D eigenvalue weighted by atomic mass is 10.0. The first-order valence-electron chi connectivity index (χ1n) is 9.13. The Morgan fingerprint density at radius 1 is 1.21 bits per heavy atom. The van der Waals surface area contributed by atoms with E-state index in [9.17, 15) is 14.4 Å². The zero-order chi connectivity index (χ0) is 20.9. The van der Waals surface area contributed by atoms with Gasteiger partial charge in [-0.25, -0.2) is 4.79 Å². The van der Waals surface area contributed by atoms with E-state index in [2.05, 4.69) is 10.1 Å². The Kier molecular flexibility index (Phi) is 7.15. The normalized spacial score (nSPS) is 20.8. The summed E-state index contributed by atoms with van der Waals surface area (Å²) < 4.78 is 15.2. The van der Waals surface area contributed by atoms with Gasteiger partial charge in [0.15, 0.2) is 0 Å². The van der Waals surface area contributed by atoms with Crippen LogP contribution in [-0.2, 0) is 28.6 Å². The second kappa shape index (κ2) is 9.16. The quantitative estimate of drug-likeness (QED) is 0.701. The number of hydrogen-bond acceptors (Lipinski definition) is 7. The van der Waals surface area contributed by atoms with Gasteiger partial charge in [-0.15, -0.1) is 0 Å². The van der Waals surface area contributed by atoms with Gasteiger partial charge in [0, 0.05) is 0 Å². The highest BCUT2D eigenvalue weighted by atomic mass is 16.5. The molecule has 0 aliphatic carbocycles. The van der Waals surface area contributed by atoms with Crippen LogP contribution in [-0.4, -0.2) is 61.4 Å². The molecule has 1 amide bonds. The van der Waals surface area contributed by atoms with Crippen molar-refractivity contribution in [2.45, 2.75) is 51.0 Å². The molecule has 2 rings (SSSR count). The van der Waals surface area contributed by atoms with Crippen molar-refractivity contribution in [3.8, 4) is 0 Å². The van der Waals surface area contributed by atoms with Gasteiger partial charge >= 0.3 is 11.9 Å². The third kappa shape index (κ3) is 4.88. The maximum atomic E-state index is 12.9. The van der Waals surface area contributed by atoms with Crippen LogP contribution in [0.15, 0.2) is 30.3 Å². The highest BCUT2D eigenvalue weighted by Crippen LogP contribution is 2.38. The molecule has 1 aromatic carbocycles. The summed E-state index contributed by atoms with van der Waals surface area (Å²) in [5, 5.41) is 2.61. The zero-order valence-electron chi connectivity index (χ0n) is 16.9. The van der Waals surface area contributed by atoms with Crippen LogP contribution in [0.3, 0.4) is 0 Å². The molecule has 8 heteroatoms. The van der Waals surface area contributed by atoms with Gasteiger partial charge in [0.05, 0.1) is 39.3 Å². The highest BCUT2D eigenvalue weighted by Gasteiger charge is 2.46. The van der Waals surface area contributed by atoms with Gasteiger partial charge in [0.2, 0.25) is 5.91 Å². The fraction of sp³-hybridized carbons (Fsp3) is 0.550. The second-order valence-corrected chi connectivity index (χ2v) is 7.13. The maximum Gasteiger partial charge on any atom is 0.328 e. The van der Waals surface area contributed by atoms with E-state index in [1.54, 1.807) is 6.92 Å². The number of amides is 1. The van der Waals surface area contributed by atoms with Crippen LogP contribution in [0.5, 0.6) is 0 Å². The van der Waals surface area contributed by atoms with Crippen LogP contribution in [0.4, 0.5) is 0 Å². The first-order chi connectivity index (χ1) is 13.2. The zero-order valence-corrected chi connectivity index (χ0v) is 16.9. The van der Waals surface area contributed by atoms with E-state index in [0.717, 1.165) is 5.56 Å². The SMILES string of the molecule is COC(=O)C[C@H](NC(=O)[C@H](C)N1[C@H](c2ccccc2)COC1(C)C)C(=O)OC. The molecule has 1 aliphatic heterocycles. The summed E-state index contributed by atoms with van der Waals surface area (Å²) in [7, 11) is 2.42. The van der Waals surface area contributed by atoms with Crippen molar-refractivity contribution in [2.75, 3.05) is 20.8 Å². The summed E-state index contributed by atoms with van der Waals surface area (Å²) in [6, 6.07) is 7.93. The summed E-state index contributed by atoms with van der Waals surface area (Å²) in [5.74, 6) is -1.73. The monoisotopic (exact) mass is 392 g/mol. The van der Waals surface area contributed by atoms with E-state index in [1.807, 2.05) is 49.1 Å². The van der Waals surface area contributed by atoms with Crippen molar-refractivity contribution < 1.29 is 28.6 Å². The second-order valence-electron chi connectivity index (χ2n) is 7.13. The molecule has 0 aromatic heterocycles. The Morgan fingerprint density at radius 3 is 2.43 bits per heavy atom. The van der Waals surface area contributed by atoms with Crippen molar-refractivity contribution in [3.05, 3.63) is 35.9 Å². The van der Waals surface area contributed by atoms with Crippen molar-refractivity contribution in [1.82, 2.24) is 10.2 Å². The van der Waals surface area contributed by atoms with Crippen LogP contribution >= 0.6 is 0 Å². The van der Waals surface area contributed by atoms with Gasteiger partial charge in [0.1, 0.15) is 11.8 Å². The summed E-state index contributed by atoms with van der Waals surface area (Å²) in [4.78, 5) is 38.4.